The lowest BCUT2D eigenvalue weighted by atomic mass is 9.82. The summed E-state index contributed by atoms with van der Waals surface area (Å²) in [6, 6.07) is 0. The van der Waals surface area contributed by atoms with E-state index in [0.717, 1.165) is 13.1 Å². The number of nitrogens with one attached hydrogen (secondary N) is 2. The molecule has 0 aromatic carbocycles. The average molecular weight is 236 g/mol. The molecule has 1 aromatic heterocycles. The Morgan fingerprint density at radius 3 is 2.71 bits per heavy atom. The van der Waals surface area contributed by atoms with Crippen molar-refractivity contribution in [3.8, 4) is 0 Å². The van der Waals surface area contributed by atoms with E-state index >= 15 is 0 Å². The summed E-state index contributed by atoms with van der Waals surface area (Å²) in [7, 11) is 0. The molecule has 0 aliphatic heterocycles. The molecule has 5 nitrogen and oxygen atoms in total. The highest BCUT2D eigenvalue weighted by Crippen LogP contribution is 2.27. The van der Waals surface area contributed by atoms with Crippen LogP contribution in [0.15, 0.2) is 12.4 Å². The van der Waals surface area contributed by atoms with E-state index in [9.17, 15) is 4.79 Å². The number of hydrogen-bond donors (Lipinski definition) is 3. The number of nitrogens with zero attached hydrogens (tertiary/aromatic N) is 1. The molecular weight excluding hydrogens is 216 g/mol. The lowest BCUT2D eigenvalue weighted by Gasteiger charge is -2.27. The van der Waals surface area contributed by atoms with Crippen LogP contribution >= 0.6 is 0 Å². The summed E-state index contributed by atoms with van der Waals surface area (Å²) >= 11 is 0. The molecule has 1 fully saturated rings. The fraction of sp³-hybridized carbons (Fsp3) is 0.667. The van der Waals surface area contributed by atoms with Crippen LogP contribution in [0.25, 0.3) is 0 Å². The number of hydrogen-bond acceptors (Lipinski definition) is 3. The van der Waals surface area contributed by atoms with Crippen molar-refractivity contribution < 1.29 is 4.79 Å². The van der Waals surface area contributed by atoms with Gasteiger partial charge in [-0.05, 0) is 44.1 Å². The third-order valence-corrected chi connectivity index (χ3v) is 3.61. The molecule has 4 N–H and O–H groups in total. The van der Waals surface area contributed by atoms with E-state index in [1.54, 1.807) is 12.4 Å². The van der Waals surface area contributed by atoms with Gasteiger partial charge in [-0.2, -0.15) is 5.10 Å². The number of carbonyl (C=O) groups is 1. The zero-order chi connectivity index (χ0) is 12.1. The molecule has 0 saturated heterocycles. The first kappa shape index (κ1) is 12.1. The lowest BCUT2D eigenvalue weighted by molar-refractivity contribution is 0.0941. The van der Waals surface area contributed by atoms with Crippen molar-refractivity contribution in [1.29, 1.82) is 0 Å². The molecule has 5 heteroatoms. The fourth-order valence-corrected chi connectivity index (χ4v) is 2.39. The predicted octanol–water partition coefficient (Wildman–Crippen LogP) is 0.905. The molecule has 1 aliphatic carbocycles. The minimum atomic E-state index is -0.0419. The quantitative estimate of drug-likeness (QED) is 0.726. The number of rotatable bonds is 4. The van der Waals surface area contributed by atoms with Crippen molar-refractivity contribution in [3.05, 3.63) is 18.0 Å². The molecule has 17 heavy (non-hydrogen) atoms. The van der Waals surface area contributed by atoms with Gasteiger partial charge in [0, 0.05) is 12.7 Å². The van der Waals surface area contributed by atoms with Crippen molar-refractivity contribution in [2.45, 2.75) is 25.7 Å². The number of carbonyl (C=O) groups excluding carboxylic acids is 1. The molecule has 0 atom stereocenters. The number of aromatic nitrogens is 2. The molecule has 94 valence electrons. The average Bonchev–Trinajstić information content (AvgIpc) is 2.90. The Morgan fingerprint density at radius 1 is 1.41 bits per heavy atom. The van der Waals surface area contributed by atoms with Crippen LogP contribution in [0.2, 0.25) is 0 Å². The van der Waals surface area contributed by atoms with Crippen LogP contribution in [0.5, 0.6) is 0 Å². The van der Waals surface area contributed by atoms with Crippen molar-refractivity contribution in [2.24, 2.45) is 17.6 Å². The summed E-state index contributed by atoms with van der Waals surface area (Å²) < 4.78 is 0. The summed E-state index contributed by atoms with van der Waals surface area (Å²) in [5, 5.41) is 9.35. The number of aromatic amines is 1. The third-order valence-electron chi connectivity index (χ3n) is 3.61. The topological polar surface area (TPSA) is 83.8 Å². The maximum Gasteiger partial charge on any atom is 0.254 e. The van der Waals surface area contributed by atoms with Gasteiger partial charge in [-0.1, -0.05) is 0 Å². The Labute approximate surface area is 101 Å². The summed E-state index contributed by atoms with van der Waals surface area (Å²) in [5.74, 6) is 1.25. The van der Waals surface area contributed by atoms with Gasteiger partial charge >= 0.3 is 0 Å². The monoisotopic (exact) mass is 236 g/mol. The molecule has 1 amide bonds. The number of amides is 1. The second kappa shape index (κ2) is 5.82. The smallest absolute Gasteiger partial charge is 0.254 e. The molecule has 0 bridgehead atoms. The standard InChI is InChI=1S/C12H20N4O/c13-5-9-1-3-10(4-2-9)6-14-12(17)11-7-15-16-8-11/h7-10H,1-6,13H2,(H,14,17)(H,15,16). The van der Waals surface area contributed by atoms with Gasteiger partial charge in [0.05, 0.1) is 11.8 Å². The van der Waals surface area contributed by atoms with Crippen LogP contribution in [0.4, 0.5) is 0 Å². The first-order valence-electron chi connectivity index (χ1n) is 6.26. The Hall–Kier alpha value is -1.36. The maximum absolute atomic E-state index is 11.7. The maximum atomic E-state index is 11.7. The van der Waals surface area contributed by atoms with Crippen LogP contribution in [0, 0.1) is 11.8 Å². The van der Waals surface area contributed by atoms with Crippen molar-refractivity contribution >= 4 is 5.91 Å². The number of H-pyrrole nitrogens is 1. The van der Waals surface area contributed by atoms with Gasteiger partial charge in [0.25, 0.3) is 5.91 Å². The van der Waals surface area contributed by atoms with Crippen molar-refractivity contribution in [1.82, 2.24) is 15.5 Å². The highest BCUT2D eigenvalue weighted by atomic mass is 16.1. The molecule has 2 rings (SSSR count). The first-order chi connectivity index (χ1) is 8.29. The summed E-state index contributed by atoms with van der Waals surface area (Å²) in [6.07, 6.45) is 7.90. The first-order valence-corrected chi connectivity index (χ1v) is 6.26. The van der Waals surface area contributed by atoms with Crippen LogP contribution in [0.3, 0.4) is 0 Å². The van der Waals surface area contributed by atoms with E-state index in [1.807, 2.05) is 0 Å². The SMILES string of the molecule is NCC1CCC(CNC(=O)c2cn[nH]c2)CC1. The van der Waals surface area contributed by atoms with E-state index in [2.05, 4.69) is 15.5 Å². The Morgan fingerprint density at radius 2 is 2.12 bits per heavy atom. The van der Waals surface area contributed by atoms with Gasteiger partial charge < -0.3 is 11.1 Å². The molecule has 1 aromatic rings. The van der Waals surface area contributed by atoms with Crippen LogP contribution in [0.1, 0.15) is 36.0 Å². The van der Waals surface area contributed by atoms with Crippen LogP contribution in [-0.4, -0.2) is 29.2 Å². The zero-order valence-corrected chi connectivity index (χ0v) is 9.98. The highest BCUT2D eigenvalue weighted by Gasteiger charge is 2.20. The largest absolute Gasteiger partial charge is 0.352 e. The van der Waals surface area contributed by atoms with Gasteiger partial charge in [0.15, 0.2) is 0 Å². The molecule has 0 unspecified atom stereocenters. The Bertz CT molecular complexity index is 341. The van der Waals surface area contributed by atoms with E-state index in [0.29, 0.717) is 17.4 Å². The highest BCUT2D eigenvalue weighted by molar-refractivity contribution is 5.93. The van der Waals surface area contributed by atoms with E-state index in [1.165, 1.54) is 25.7 Å². The molecule has 0 radical (unpaired) electrons. The van der Waals surface area contributed by atoms with Gasteiger partial charge in [-0.25, -0.2) is 0 Å². The molecule has 1 aliphatic rings. The van der Waals surface area contributed by atoms with Crippen LogP contribution in [-0.2, 0) is 0 Å². The molecule has 0 spiro atoms. The summed E-state index contributed by atoms with van der Waals surface area (Å²) in [5.41, 5.74) is 6.25. The van der Waals surface area contributed by atoms with Gasteiger partial charge in [0.2, 0.25) is 0 Å². The van der Waals surface area contributed by atoms with E-state index in [-0.39, 0.29) is 5.91 Å². The number of nitrogens with two attached hydrogens (primary N) is 1. The van der Waals surface area contributed by atoms with Gasteiger partial charge in [0.1, 0.15) is 0 Å². The Kier molecular flexibility index (Phi) is 4.14. The summed E-state index contributed by atoms with van der Waals surface area (Å²) in [6.45, 7) is 1.56. The minimum Gasteiger partial charge on any atom is -0.352 e. The van der Waals surface area contributed by atoms with E-state index in [4.69, 9.17) is 5.73 Å². The predicted molar refractivity (Wildman–Crippen MR) is 65.4 cm³/mol. The van der Waals surface area contributed by atoms with Crippen molar-refractivity contribution in [3.63, 3.8) is 0 Å². The van der Waals surface area contributed by atoms with Gasteiger partial charge in [-0.3, -0.25) is 9.89 Å². The van der Waals surface area contributed by atoms with Gasteiger partial charge in [-0.15, -0.1) is 0 Å². The zero-order valence-electron chi connectivity index (χ0n) is 9.98. The fourth-order valence-electron chi connectivity index (χ4n) is 2.39. The lowest BCUT2D eigenvalue weighted by Crippen LogP contribution is -2.32. The molecule has 1 saturated carbocycles. The van der Waals surface area contributed by atoms with Crippen LogP contribution < -0.4 is 11.1 Å². The second-order valence-electron chi connectivity index (χ2n) is 4.82. The third kappa shape index (κ3) is 3.30. The molecular formula is C12H20N4O. The van der Waals surface area contributed by atoms with E-state index < -0.39 is 0 Å². The minimum absolute atomic E-state index is 0.0419. The Balaban J connectivity index is 1.71. The second-order valence-corrected chi connectivity index (χ2v) is 4.82. The molecule has 1 heterocycles. The van der Waals surface area contributed by atoms with Crippen molar-refractivity contribution in [2.75, 3.05) is 13.1 Å². The summed E-state index contributed by atoms with van der Waals surface area (Å²) in [4.78, 5) is 11.7. The normalized spacial score (nSPS) is 24.5.